The maximum Gasteiger partial charge on any atom is 0.272 e. The van der Waals surface area contributed by atoms with Crippen LogP contribution in [-0.4, -0.2) is 28.9 Å². The Balaban J connectivity index is 2.09. The number of rotatable bonds is 1. The first-order valence-corrected chi connectivity index (χ1v) is 6.26. The molecule has 15 heavy (non-hydrogen) atoms. The van der Waals surface area contributed by atoms with Gasteiger partial charge in [0.1, 0.15) is 5.69 Å². The quantitative estimate of drug-likeness (QED) is 0.745. The lowest BCUT2D eigenvalue weighted by Crippen LogP contribution is -2.36. The van der Waals surface area contributed by atoms with Gasteiger partial charge in [-0.3, -0.25) is 4.79 Å². The molecule has 0 aromatic carbocycles. The second-order valence-electron chi connectivity index (χ2n) is 3.71. The summed E-state index contributed by atoms with van der Waals surface area (Å²) in [5.74, 6) is 0.0751. The van der Waals surface area contributed by atoms with Crippen LogP contribution in [0.2, 0.25) is 0 Å². The number of pyridine rings is 1. The summed E-state index contributed by atoms with van der Waals surface area (Å²) < 4.78 is 1.06. The molecule has 0 unspecified atom stereocenters. The summed E-state index contributed by atoms with van der Waals surface area (Å²) in [5, 5.41) is 0. The van der Waals surface area contributed by atoms with Crippen LogP contribution in [0, 0.1) is 3.57 Å². The van der Waals surface area contributed by atoms with Gasteiger partial charge >= 0.3 is 0 Å². The molecular formula is C11H13IN2O. The fourth-order valence-corrected chi connectivity index (χ4v) is 2.08. The smallest absolute Gasteiger partial charge is 0.272 e. The first-order chi connectivity index (χ1) is 7.27. The van der Waals surface area contributed by atoms with Crippen LogP contribution in [0.5, 0.6) is 0 Å². The van der Waals surface area contributed by atoms with Crippen molar-refractivity contribution in [3.8, 4) is 0 Å². The van der Waals surface area contributed by atoms with Gasteiger partial charge in [0, 0.05) is 22.9 Å². The molecule has 1 amide bonds. The van der Waals surface area contributed by atoms with Crippen molar-refractivity contribution in [3.63, 3.8) is 0 Å². The van der Waals surface area contributed by atoms with Crippen molar-refractivity contribution < 1.29 is 4.79 Å². The van der Waals surface area contributed by atoms with Crippen LogP contribution in [0.4, 0.5) is 0 Å². The average Bonchev–Trinajstić information content (AvgIpc) is 2.30. The number of piperidine rings is 1. The van der Waals surface area contributed by atoms with Crippen LogP contribution in [0.25, 0.3) is 0 Å². The van der Waals surface area contributed by atoms with Gasteiger partial charge in [0.2, 0.25) is 0 Å². The third kappa shape index (κ3) is 2.68. The van der Waals surface area contributed by atoms with E-state index in [-0.39, 0.29) is 5.91 Å². The van der Waals surface area contributed by atoms with Crippen molar-refractivity contribution in [2.24, 2.45) is 0 Å². The van der Waals surface area contributed by atoms with E-state index in [0.717, 1.165) is 29.5 Å². The Morgan fingerprint density at radius 2 is 2.00 bits per heavy atom. The summed E-state index contributed by atoms with van der Waals surface area (Å²) in [6.45, 7) is 1.76. The van der Waals surface area contributed by atoms with Crippen LogP contribution < -0.4 is 0 Å². The van der Waals surface area contributed by atoms with Gasteiger partial charge in [-0.2, -0.15) is 0 Å². The van der Waals surface area contributed by atoms with Crippen LogP contribution >= 0.6 is 22.6 Å². The molecule has 1 aliphatic heterocycles. The van der Waals surface area contributed by atoms with Crippen LogP contribution in [0.1, 0.15) is 29.8 Å². The molecule has 4 heteroatoms. The topological polar surface area (TPSA) is 33.2 Å². The van der Waals surface area contributed by atoms with Gasteiger partial charge < -0.3 is 4.90 Å². The molecule has 0 saturated carbocycles. The summed E-state index contributed by atoms with van der Waals surface area (Å²) in [4.78, 5) is 18.0. The fraction of sp³-hybridized carbons (Fsp3) is 0.455. The Morgan fingerprint density at radius 3 is 2.60 bits per heavy atom. The van der Waals surface area contributed by atoms with Gasteiger partial charge in [-0.05, 0) is 54.0 Å². The molecule has 1 saturated heterocycles. The molecular weight excluding hydrogens is 303 g/mol. The van der Waals surface area contributed by atoms with E-state index in [4.69, 9.17) is 0 Å². The summed E-state index contributed by atoms with van der Waals surface area (Å²) in [7, 11) is 0. The molecule has 80 valence electrons. The third-order valence-electron chi connectivity index (χ3n) is 2.59. The van der Waals surface area contributed by atoms with Gasteiger partial charge in [-0.1, -0.05) is 0 Å². The minimum atomic E-state index is 0.0751. The van der Waals surface area contributed by atoms with E-state index in [1.165, 1.54) is 6.42 Å². The van der Waals surface area contributed by atoms with Gasteiger partial charge in [-0.15, -0.1) is 0 Å². The van der Waals surface area contributed by atoms with Crippen molar-refractivity contribution in [1.29, 1.82) is 0 Å². The standard InChI is InChI=1S/C11H13IN2O/c12-9-4-5-10(13-8-9)11(15)14-6-2-1-3-7-14/h4-5,8H,1-3,6-7H2. The molecule has 0 atom stereocenters. The molecule has 0 radical (unpaired) electrons. The number of aromatic nitrogens is 1. The van der Waals surface area contributed by atoms with Crippen LogP contribution in [0.3, 0.4) is 0 Å². The first-order valence-electron chi connectivity index (χ1n) is 5.18. The van der Waals surface area contributed by atoms with Crippen molar-refractivity contribution in [2.75, 3.05) is 13.1 Å². The highest BCUT2D eigenvalue weighted by Gasteiger charge is 2.18. The largest absolute Gasteiger partial charge is 0.337 e. The number of likely N-dealkylation sites (tertiary alicyclic amines) is 1. The predicted octanol–water partition coefficient (Wildman–Crippen LogP) is 2.31. The van der Waals surface area contributed by atoms with E-state index < -0.39 is 0 Å². The number of carbonyl (C=O) groups is 1. The monoisotopic (exact) mass is 316 g/mol. The normalized spacial score (nSPS) is 16.5. The highest BCUT2D eigenvalue weighted by molar-refractivity contribution is 14.1. The number of hydrogen-bond acceptors (Lipinski definition) is 2. The summed E-state index contributed by atoms with van der Waals surface area (Å²) in [6, 6.07) is 3.73. The Morgan fingerprint density at radius 1 is 1.27 bits per heavy atom. The van der Waals surface area contributed by atoms with E-state index in [0.29, 0.717) is 5.69 Å². The second-order valence-corrected chi connectivity index (χ2v) is 4.96. The molecule has 1 aliphatic rings. The lowest BCUT2D eigenvalue weighted by atomic mass is 10.1. The zero-order valence-electron chi connectivity index (χ0n) is 8.45. The van der Waals surface area contributed by atoms with E-state index in [9.17, 15) is 4.79 Å². The number of carbonyl (C=O) groups excluding carboxylic acids is 1. The lowest BCUT2D eigenvalue weighted by molar-refractivity contribution is 0.0718. The second kappa shape index (κ2) is 4.92. The Labute approximate surface area is 103 Å². The summed E-state index contributed by atoms with van der Waals surface area (Å²) in [6.07, 6.45) is 5.22. The minimum absolute atomic E-state index is 0.0751. The molecule has 2 rings (SSSR count). The maximum absolute atomic E-state index is 12.0. The van der Waals surface area contributed by atoms with Crippen molar-refractivity contribution in [2.45, 2.75) is 19.3 Å². The molecule has 0 bridgehead atoms. The zero-order chi connectivity index (χ0) is 10.7. The molecule has 0 aliphatic carbocycles. The molecule has 1 aromatic rings. The predicted molar refractivity (Wildman–Crippen MR) is 66.7 cm³/mol. The van der Waals surface area contributed by atoms with Crippen molar-refractivity contribution >= 4 is 28.5 Å². The Kier molecular flexibility index (Phi) is 3.56. The first kappa shape index (κ1) is 10.9. The van der Waals surface area contributed by atoms with Gasteiger partial charge in [0.25, 0.3) is 5.91 Å². The fourth-order valence-electron chi connectivity index (χ4n) is 1.76. The molecule has 1 fully saturated rings. The molecule has 0 spiro atoms. The zero-order valence-corrected chi connectivity index (χ0v) is 10.6. The Hall–Kier alpha value is -0.650. The molecule has 0 N–H and O–H groups in total. The number of hydrogen-bond donors (Lipinski definition) is 0. The van der Waals surface area contributed by atoms with Gasteiger partial charge in [0.15, 0.2) is 0 Å². The Bertz CT molecular complexity index is 344. The number of nitrogens with zero attached hydrogens (tertiary/aromatic N) is 2. The molecule has 1 aromatic heterocycles. The van der Waals surface area contributed by atoms with E-state index in [1.807, 2.05) is 11.0 Å². The van der Waals surface area contributed by atoms with Crippen LogP contribution in [-0.2, 0) is 0 Å². The highest BCUT2D eigenvalue weighted by Crippen LogP contribution is 2.12. The maximum atomic E-state index is 12.0. The van der Waals surface area contributed by atoms with Gasteiger partial charge in [-0.25, -0.2) is 4.98 Å². The lowest BCUT2D eigenvalue weighted by Gasteiger charge is -2.26. The van der Waals surface area contributed by atoms with E-state index in [1.54, 1.807) is 12.3 Å². The highest BCUT2D eigenvalue weighted by atomic mass is 127. The summed E-state index contributed by atoms with van der Waals surface area (Å²) in [5.41, 5.74) is 0.567. The SMILES string of the molecule is O=C(c1ccc(I)cn1)N1CCCCC1. The van der Waals surface area contributed by atoms with Crippen molar-refractivity contribution in [3.05, 3.63) is 27.6 Å². The summed E-state index contributed by atoms with van der Waals surface area (Å²) >= 11 is 2.19. The van der Waals surface area contributed by atoms with Gasteiger partial charge in [0.05, 0.1) is 0 Å². The molecule has 3 nitrogen and oxygen atoms in total. The number of halogens is 1. The van der Waals surface area contributed by atoms with Crippen molar-refractivity contribution in [1.82, 2.24) is 9.88 Å². The van der Waals surface area contributed by atoms with E-state index in [2.05, 4.69) is 27.6 Å². The average molecular weight is 316 g/mol. The molecule has 2 heterocycles. The minimum Gasteiger partial charge on any atom is -0.337 e. The third-order valence-corrected chi connectivity index (χ3v) is 3.23. The van der Waals surface area contributed by atoms with Crippen LogP contribution in [0.15, 0.2) is 18.3 Å². The van der Waals surface area contributed by atoms with E-state index >= 15 is 0 Å². The number of amides is 1.